The van der Waals surface area contributed by atoms with Crippen LogP contribution < -0.4 is 0 Å². The van der Waals surface area contributed by atoms with Crippen LogP contribution in [0.3, 0.4) is 0 Å². The average Bonchev–Trinajstić information content (AvgIpc) is 2.12. The number of hydrogen-bond acceptors (Lipinski definition) is 1. The summed E-state index contributed by atoms with van der Waals surface area (Å²) in [7, 11) is 0. The molecule has 0 N–H and O–H groups in total. The minimum Gasteiger partial charge on any atom is -0.238 e. The van der Waals surface area contributed by atoms with Crippen molar-refractivity contribution in [2.24, 2.45) is 0 Å². The maximum atomic E-state index is 13.1. The second-order valence-corrected chi connectivity index (χ2v) is 3.38. The van der Waals surface area contributed by atoms with E-state index in [4.69, 9.17) is 0 Å². The fourth-order valence-corrected chi connectivity index (χ4v) is 1.42. The van der Waals surface area contributed by atoms with Crippen LogP contribution in [-0.2, 0) is 0 Å². The molecule has 4 heteroatoms. The normalized spacial score (nSPS) is 10.7. The van der Waals surface area contributed by atoms with Gasteiger partial charge in [-0.1, -0.05) is 6.07 Å². The summed E-state index contributed by atoms with van der Waals surface area (Å²) in [6.45, 7) is 0. The molecule has 0 aliphatic carbocycles. The number of rotatable bonds is 0. The molecule has 0 aliphatic rings. The molecule has 1 aromatic heterocycles. The molecule has 1 nitrogen and oxygen atoms in total. The van der Waals surface area contributed by atoms with Gasteiger partial charge in [0.2, 0.25) is 0 Å². The van der Waals surface area contributed by atoms with Crippen LogP contribution >= 0.6 is 15.9 Å². The van der Waals surface area contributed by atoms with Crippen molar-refractivity contribution in [1.82, 2.24) is 4.98 Å². The van der Waals surface area contributed by atoms with Crippen molar-refractivity contribution >= 4 is 26.8 Å². The minimum absolute atomic E-state index is 0.0503. The van der Waals surface area contributed by atoms with Crippen molar-refractivity contribution in [3.63, 3.8) is 0 Å². The molecule has 1 heterocycles. The smallest absolute Gasteiger partial charge is 0.185 e. The minimum atomic E-state index is -0.904. The maximum absolute atomic E-state index is 13.1. The number of pyridine rings is 1. The van der Waals surface area contributed by atoms with Crippen LogP contribution in [-0.4, -0.2) is 4.98 Å². The predicted octanol–water partition coefficient (Wildman–Crippen LogP) is 3.28. The highest BCUT2D eigenvalue weighted by Gasteiger charge is 2.07. The van der Waals surface area contributed by atoms with Crippen LogP contribution in [0.5, 0.6) is 0 Å². The Bertz CT molecular complexity index is 465. The quantitative estimate of drug-likeness (QED) is 0.648. The molecule has 66 valence electrons. The molecule has 0 atom stereocenters. The Hall–Kier alpha value is -1.03. The van der Waals surface area contributed by atoms with E-state index < -0.39 is 11.6 Å². The fraction of sp³-hybridized carbons (Fsp3) is 0. The Balaban J connectivity index is 2.89. The Morgan fingerprint density at radius 1 is 1.08 bits per heavy atom. The lowest BCUT2D eigenvalue weighted by molar-refractivity contribution is 0.515. The van der Waals surface area contributed by atoms with Gasteiger partial charge in [-0.05, 0) is 34.1 Å². The van der Waals surface area contributed by atoms with Gasteiger partial charge in [0.25, 0.3) is 0 Å². The first kappa shape index (κ1) is 8.56. The van der Waals surface area contributed by atoms with E-state index >= 15 is 0 Å². The zero-order chi connectivity index (χ0) is 9.42. The summed E-state index contributed by atoms with van der Waals surface area (Å²) >= 11 is 3.09. The van der Waals surface area contributed by atoms with Gasteiger partial charge >= 0.3 is 0 Å². The van der Waals surface area contributed by atoms with Gasteiger partial charge in [-0.3, -0.25) is 0 Å². The van der Waals surface area contributed by atoms with E-state index in [1.54, 1.807) is 12.1 Å². The standard InChI is InChI=1S/C9H4BrF2N/c10-7-4-2-5-1-3-6(11)8(12)9(5)13-7/h1-4H. The van der Waals surface area contributed by atoms with Crippen LogP contribution in [0.1, 0.15) is 0 Å². The topological polar surface area (TPSA) is 12.9 Å². The zero-order valence-corrected chi connectivity index (χ0v) is 7.98. The van der Waals surface area contributed by atoms with Gasteiger partial charge in [0.15, 0.2) is 11.6 Å². The van der Waals surface area contributed by atoms with E-state index in [0.717, 1.165) is 6.07 Å². The molecule has 0 unspecified atom stereocenters. The summed E-state index contributed by atoms with van der Waals surface area (Å²) in [5.41, 5.74) is 0.0503. The third-order valence-electron chi connectivity index (χ3n) is 1.72. The Kier molecular flexibility index (Phi) is 2.00. The summed E-state index contributed by atoms with van der Waals surface area (Å²) in [5.74, 6) is -1.78. The van der Waals surface area contributed by atoms with Gasteiger partial charge in [-0.25, -0.2) is 13.8 Å². The van der Waals surface area contributed by atoms with Crippen LogP contribution in [0.4, 0.5) is 8.78 Å². The first-order valence-electron chi connectivity index (χ1n) is 3.59. The van der Waals surface area contributed by atoms with E-state index in [1.165, 1.54) is 6.07 Å². The molecular weight excluding hydrogens is 240 g/mol. The number of nitrogens with zero attached hydrogens (tertiary/aromatic N) is 1. The Morgan fingerprint density at radius 3 is 2.54 bits per heavy atom. The second kappa shape index (κ2) is 3.03. The molecule has 0 saturated heterocycles. The average molecular weight is 244 g/mol. The molecule has 2 rings (SSSR count). The molecule has 0 radical (unpaired) electrons. The van der Waals surface area contributed by atoms with E-state index in [2.05, 4.69) is 20.9 Å². The van der Waals surface area contributed by atoms with E-state index in [0.29, 0.717) is 9.99 Å². The lowest BCUT2D eigenvalue weighted by Gasteiger charge is -1.99. The molecule has 0 spiro atoms. The van der Waals surface area contributed by atoms with E-state index in [-0.39, 0.29) is 5.52 Å². The fourth-order valence-electron chi connectivity index (χ4n) is 1.11. The Morgan fingerprint density at radius 2 is 1.77 bits per heavy atom. The molecular formula is C9H4BrF2N. The van der Waals surface area contributed by atoms with Crippen molar-refractivity contribution < 1.29 is 8.78 Å². The number of halogens is 3. The number of fused-ring (bicyclic) bond motifs is 1. The lowest BCUT2D eigenvalue weighted by atomic mass is 10.2. The first-order valence-corrected chi connectivity index (χ1v) is 4.38. The summed E-state index contributed by atoms with van der Waals surface area (Å²) in [6, 6.07) is 5.94. The highest BCUT2D eigenvalue weighted by Crippen LogP contribution is 2.20. The van der Waals surface area contributed by atoms with Crippen LogP contribution in [0.15, 0.2) is 28.9 Å². The van der Waals surface area contributed by atoms with Crippen molar-refractivity contribution in [1.29, 1.82) is 0 Å². The summed E-state index contributed by atoms with van der Waals surface area (Å²) in [5, 5.41) is 0.585. The molecule has 1 aromatic carbocycles. The van der Waals surface area contributed by atoms with Gasteiger partial charge in [0.05, 0.1) is 0 Å². The number of hydrogen-bond donors (Lipinski definition) is 0. The molecule has 13 heavy (non-hydrogen) atoms. The number of benzene rings is 1. The molecule has 0 amide bonds. The summed E-state index contributed by atoms with van der Waals surface area (Å²) in [6.07, 6.45) is 0. The predicted molar refractivity (Wildman–Crippen MR) is 49.4 cm³/mol. The molecule has 0 saturated carbocycles. The van der Waals surface area contributed by atoms with Gasteiger partial charge in [0, 0.05) is 5.39 Å². The largest absolute Gasteiger partial charge is 0.238 e. The zero-order valence-electron chi connectivity index (χ0n) is 6.39. The molecule has 2 aromatic rings. The summed E-state index contributed by atoms with van der Waals surface area (Å²) < 4.78 is 26.4. The van der Waals surface area contributed by atoms with Crippen molar-refractivity contribution in [3.8, 4) is 0 Å². The van der Waals surface area contributed by atoms with Crippen molar-refractivity contribution in [2.45, 2.75) is 0 Å². The van der Waals surface area contributed by atoms with E-state index in [1.807, 2.05) is 0 Å². The third kappa shape index (κ3) is 1.42. The molecule has 0 bridgehead atoms. The lowest BCUT2D eigenvalue weighted by Crippen LogP contribution is -1.89. The van der Waals surface area contributed by atoms with Crippen LogP contribution in [0.2, 0.25) is 0 Å². The second-order valence-electron chi connectivity index (χ2n) is 2.57. The van der Waals surface area contributed by atoms with Crippen LogP contribution in [0.25, 0.3) is 10.9 Å². The summed E-state index contributed by atoms with van der Waals surface area (Å²) in [4.78, 5) is 3.84. The van der Waals surface area contributed by atoms with Crippen LogP contribution in [0, 0.1) is 11.6 Å². The highest BCUT2D eigenvalue weighted by atomic mass is 79.9. The number of aromatic nitrogens is 1. The van der Waals surface area contributed by atoms with Gasteiger partial charge < -0.3 is 0 Å². The van der Waals surface area contributed by atoms with E-state index in [9.17, 15) is 8.78 Å². The maximum Gasteiger partial charge on any atom is 0.185 e. The Labute approximate surface area is 81.5 Å². The van der Waals surface area contributed by atoms with Gasteiger partial charge in [-0.2, -0.15) is 0 Å². The highest BCUT2D eigenvalue weighted by molar-refractivity contribution is 9.10. The molecule has 0 fully saturated rings. The third-order valence-corrected chi connectivity index (χ3v) is 2.16. The first-order chi connectivity index (χ1) is 6.18. The SMILES string of the molecule is Fc1ccc2ccc(Br)nc2c1F. The van der Waals surface area contributed by atoms with Crippen molar-refractivity contribution in [2.75, 3.05) is 0 Å². The van der Waals surface area contributed by atoms with Gasteiger partial charge in [-0.15, -0.1) is 0 Å². The molecule has 0 aliphatic heterocycles. The van der Waals surface area contributed by atoms with Gasteiger partial charge in [0.1, 0.15) is 10.1 Å². The van der Waals surface area contributed by atoms with Crippen molar-refractivity contribution in [3.05, 3.63) is 40.5 Å². The monoisotopic (exact) mass is 243 g/mol.